The molecule has 1 heterocycles. The Morgan fingerprint density at radius 2 is 1.52 bits per heavy atom. The van der Waals surface area contributed by atoms with Crippen LogP contribution in [0.15, 0.2) is 78.9 Å². The summed E-state index contributed by atoms with van der Waals surface area (Å²) in [5.41, 5.74) is 2.21. The molecular weight excluding hydrogens is 390 g/mol. The van der Waals surface area contributed by atoms with Gasteiger partial charge in [0, 0.05) is 24.9 Å². The molecule has 1 saturated heterocycles. The number of nitrogens with one attached hydrogen (secondary N) is 1. The Hall–Kier alpha value is -3.18. The van der Waals surface area contributed by atoms with Crippen molar-refractivity contribution in [2.24, 2.45) is 0 Å². The molecule has 0 saturated carbocycles. The Morgan fingerprint density at radius 1 is 0.774 bits per heavy atom. The van der Waals surface area contributed by atoms with Crippen molar-refractivity contribution in [3.8, 4) is 17.2 Å². The molecule has 1 atom stereocenters. The quantitative estimate of drug-likeness (QED) is 0.427. The maximum absolute atomic E-state index is 5.88. The largest absolute Gasteiger partial charge is 0.491 e. The van der Waals surface area contributed by atoms with E-state index in [0.717, 1.165) is 48.9 Å². The van der Waals surface area contributed by atoms with Gasteiger partial charge in [-0.2, -0.15) is 0 Å². The minimum absolute atomic E-state index is 0.224. The first kappa shape index (κ1) is 21.1. The molecule has 5 heteroatoms. The van der Waals surface area contributed by atoms with E-state index in [-0.39, 0.29) is 6.10 Å². The van der Waals surface area contributed by atoms with Gasteiger partial charge in [-0.05, 0) is 54.8 Å². The van der Waals surface area contributed by atoms with Crippen molar-refractivity contribution in [3.05, 3.63) is 84.4 Å². The smallest absolute Gasteiger partial charge is 0.122 e. The van der Waals surface area contributed by atoms with Gasteiger partial charge in [-0.25, -0.2) is 0 Å². The van der Waals surface area contributed by atoms with Crippen LogP contribution >= 0.6 is 0 Å². The van der Waals surface area contributed by atoms with Gasteiger partial charge in [0.15, 0.2) is 0 Å². The van der Waals surface area contributed by atoms with Crippen LogP contribution in [0.4, 0.5) is 5.69 Å². The van der Waals surface area contributed by atoms with Crippen LogP contribution in [0.1, 0.15) is 18.4 Å². The molecule has 3 aromatic rings. The van der Waals surface area contributed by atoms with Crippen molar-refractivity contribution in [3.63, 3.8) is 0 Å². The summed E-state index contributed by atoms with van der Waals surface area (Å²) in [6, 6.07) is 25.9. The monoisotopic (exact) mass is 419 g/mol. The van der Waals surface area contributed by atoms with Crippen molar-refractivity contribution < 1.29 is 18.9 Å². The van der Waals surface area contributed by atoms with Gasteiger partial charge in [0.1, 0.15) is 37.1 Å². The minimum atomic E-state index is 0.224. The third-order valence-corrected chi connectivity index (χ3v) is 5.08. The van der Waals surface area contributed by atoms with Crippen molar-refractivity contribution in [1.29, 1.82) is 0 Å². The molecule has 1 unspecified atom stereocenters. The van der Waals surface area contributed by atoms with Crippen molar-refractivity contribution in [2.75, 3.05) is 31.7 Å². The maximum Gasteiger partial charge on any atom is 0.122 e. The first-order valence-corrected chi connectivity index (χ1v) is 10.8. The van der Waals surface area contributed by atoms with Gasteiger partial charge in [0.05, 0.1) is 6.10 Å². The van der Waals surface area contributed by atoms with E-state index in [9.17, 15) is 0 Å². The Bertz CT molecular complexity index is 908. The van der Waals surface area contributed by atoms with E-state index in [1.54, 1.807) is 0 Å². The highest BCUT2D eigenvalue weighted by Gasteiger charge is 2.15. The summed E-state index contributed by atoms with van der Waals surface area (Å²) >= 11 is 0. The second-order valence-corrected chi connectivity index (χ2v) is 7.48. The highest BCUT2D eigenvalue weighted by Crippen LogP contribution is 2.21. The van der Waals surface area contributed by atoms with Gasteiger partial charge in [-0.1, -0.05) is 36.4 Å². The van der Waals surface area contributed by atoms with E-state index < -0.39 is 0 Å². The van der Waals surface area contributed by atoms with Crippen LogP contribution in [0.5, 0.6) is 17.2 Å². The van der Waals surface area contributed by atoms with E-state index in [2.05, 4.69) is 17.4 Å². The van der Waals surface area contributed by atoms with Crippen LogP contribution in [0, 0.1) is 0 Å². The highest BCUT2D eigenvalue weighted by molar-refractivity contribution is 5.48. The van der Waals surface area contributed by atoms with Crippen molar-refractivity contribution in [2.45, 2.75) is 25.5 Å². The Kier molecular flexibility index (Phi) is 7.66. The zero-order valence-electron chi connectivity index (χ0n) is 17.7. The van der Waals surface area contributed by atoms with Gasteiger partial charge in [0.25, 0.3) is 0 Å². The SMILES string of the molecule is c1ccc(OCCOc2ccc(CNc3cccc(OCC4CCCO4)c3)cc2)cc1. The number of hydrogen-bond donors (Lipinski definition) is 1. The molecule has 1 aliphatic rings. The van der Waals surface area contributed by atoms with Crippen LogP contribution in [-0.2, 0) is 11.3 Å². The molecule has 3 aromatic carbocycles. The fourth-order valence-electron chi connectivity index (χ4n) is 3.40. The fourth-order valence-corrected chi connectivity index (χ4v) is 3.40. The van der Waals surface area contributed by atoms with Gasteiger partial charge < -0.3 is 24.3 Å². The van der Waals surface area contributed by atoms with E-state index in [1.807, 2.05) is 66.7 Å². The average Bonchev–Trinajstić information content (AvgIpc) is 3.35. The number of ether oxygens (including phenoxy) is 4. The summed E-state index contributed by atoms with van der Waals surface area (Å²) in [5.74, 6) is 2.56. The lowest BCUT2D eigenvalue weighted by Crippen LogP contribution is -2.16. The molecule has 1 N–H and O–H groups in total. The molecule has 1 fully saturated rings. The number of rotatable bonds is 11. The van der Waals surface area contributed by atoms with Gasteiger partial charge in [0.2, 0.25) is 0 Å². The van der Waals surface area contributed by atoms with Crippen molar-refractivity contribution in [1.82, 2.24) is 0 Å². The predicted octanol–water partition coefficient (Wildman–Crippen LogP) is 5.31. The zero-order chi connectivity index (χ0) is 21.1. The van der Waals surface area contributed by atoms with E-state index in [0.29, 0.717) is 19.8 Å². The molecule has 0 aliphatic carbocycles. The van der Waals surface area contributed by atoms with Crippen LogP contribution in [-0.4, -0.2) is 32.5 Å². The normalized spacial score (nSPS) is 15.4. The Morgan fingerprint density at radius 3 is 2.26 bits per heavy atom. The molecule has 0 aromatic heterocycles. The molecule has 0 radical (unpaired) electrons. The van der Waals surface area contributed by atoms with Crippen LogP contribution in [0.25, 0.3) is 0 Å². The van der Waals surface area contributed by atoms with Gasteiger partial charge in [-0.3, -0.25) is 0 Å². The molecule has 0 spiro atoms. The first-order chi connectivity index (χ1) is 15.3. The summed E-state index contributed by atoms with van der Waals surface area (Å²) < 4.78 is 22.9. The second-order valence-electron chi connectivity index (χ2n) is 7.48. The highest BCUT2D eigenvalue weighted by atomic mass is 16.5. The van der Waals surface area contributed by atoms with Crippen LogP contribution in [0.3, 0.4) is 0 Å². The zero-order valence-corrected chi connectivity index (χ0v) is 17.7. The summed E-state index contributed by atoms with van der Waals surface area (Å²) in [6.45, 7) is 3.21. The first-order valence-electron chi connectivity index (χ1n) is 10.8. The Labute approximate surface area is 183 Å². The molecule has 4 rings (SSSR count). The lowest BCUT2D eigenvalue weighted by molar-refractivity contribution is 0.0680. The Balaban J connectivity index is 1.18. The third kappa shape index (κ3) is 6.93. The van der Waals surface area contributed by atoms with Crippen LogP contribution < -0.4 is 19.5 Å². The molecule has 162 valence electrons. The number of anilines is 1. The topological polar surface area (TPSA) is 49.0 Å². The molecule has 1 aliphatic heterocycles. The predicted molar refractivity (Wildman–Crippen MR) is 122 cm³/mol. The van der Waals surface area contributed by atoms with Gasteiger partial charge in [-0.15, -0.1) is 0 Å². The second kappa shape index (κ2) is 11.3. The molecule has 0 bridgehead atoms. The molecule has 31 heavy (non-hydrogen) atoms. The minimum Gasteiger partial charge on any atom is -0.491 e. The number of para-hydroxylation sites is 1. The maximum atomic E-state index is 5.88. The summed E-state index contributed by atoms with van der Waals surface area (Å²) in [4.78, 5) is 0. The summed E-state index contributed by atoms with van der Waals surface area (Å²) in [6.07, 6.45) is 2.43. The van der Waals surface area contributed by atoms with Crippen LogP contribution in [0.2, 0.25) is 0 Å². The van der Waals surface area contributed by atoms with E-state index >= 15 is 0 Å². The lowest BCUT2D eigenvalue weighted by Gasteiger charge is -2.13. The van der Waals surface area contributed by atoms with E-state index in [1.165, 1.54) is 5.56 Å². The van der Waals surface area contributed by atoms with Crippen molar-refractivity contribution >= 4 is 5.69 Å². The van der Waals surface area contributed by atoms with Gasteiger partial charge >= 0.3 is 0 Å². The molecular formula is C26H29NO4. The molecule has 0 amide bonds. The standard InChI is InChI=1S/C26H29NO4/c1-2-7-23(8-3-1)29-16-17-30-24-13-11-21(12-14-24)19-27-22-6-4-9-25(18-22)31-20-26-10-5-15-28-26/h1-4,6-9,11-14,18,26-27H,5,10,15-17,19-20H2. The molecule has 5 nitrogen and oxygen atoms in total. The average molecular weight is 420 g/mol. The summed E-state index contributed by atoms with van der Waals surface area (Å²) in [5, 5.41) is 3.45. The number of hydrogen-bond acceptors (Lipinski definition) is 5. The van der Waals surface area contributed by atoms with E-state index in [4.69, 9.17) is 18.9 Å². The lowest BCUT2D eigenvalue weighted by atomic mass is 10.2. The fraction of sp³-hybridized carbons (Fsp3) is 0.308. The summed E-state index contributed by atoms with van der Waals surface area (Å²) in [7, 11) is 0. The number of benzene rings is 3. The third-order valence-electron chi connectivity index (χ3n) is 5.08.